The van der Waals surface area contributed by atoms with Gasteiger partial charge in [-0.25, -0.2) is 0 Å². The molecule has 2 atom stereocenters. The fourth-order valence-corrected chi connectivity index (χ4v) is 4.84. The topological polar surface area (TPSA) is 55.7 Å². The molecule has 5 heteroatoms. The van der Waals surface area contributed by atoms with Crippen molar-refractivity contribution in [3.8, 4) is 0 Å². The number of benzene rings is 1. The molecule has 0 saturated heterocycles. The molecular weight excluding hydrogens is 430 g/mol. The molecule has 1 aromatic rings. The van der Waals surface area contributed by atoms with Crippen molar-refractivity contribution < 1.29 is 14.3 Å². The predicted molar refractivity (Wildman–Crippen MR) is 119 cm³/mol. The van der Waals surface area contributed by atoms with Gasteiger partial charge in [-0.05, 0) is 42.9 Å². The molecule has 1 heterocycles. The summed E-state index contributed by atoms with van der Waals surface area (Å²) >= 11 is 3.53. The summed E-state index contributed by atoms with van der Waals surface area (Å²) in [5.41, 5.74) is 3.10. The van der Waals surface area contributed by atoms with Crippen LogP contribution in [0.25, 0.3) is 0 Å². The van der Waals surface area contributed by atoms with Crippen LogP contribution in [0.4, 0.5) is 0 Å². The Morgan fingerprint density at radius 1 is 1.28 bits per heavy atom. The van der Waals surface area contributed by atoms with Gasteiger partial charge in [0.15, 0.2) is 5.78 Å². The highest BCUT2D eigenvalue weighted by Gasteiger charge is 2.46. The zero-order valence-corrected chi connectivity index (χ0v) is 19.3. The SMILES string of the molecule is CCCCCOC(=O)C1C(C)=NC2=C(C(=O)CC(C)(C)C2)[C@H]1c1cccc(Br)c1. The number of halogens is 1. The van der Waals surface area contributed by atoms with Crippen molar-refractivity contribution in [3.63, 3.8) is 0 Å². The molecule has 1 aromatic carbocycles. The summed E-state index contributed by atoms with van der Waals surface area (Å²) in [6, 6.07) is 7.88. The number of hydrogen-bond donors (Lipinski definition) is 0. The zero-order valence-electron chi connectivity index (χ0n) is 17.8. The van der Waals surface area contributed by atoms with Crippen LogP contribution in [0.1, 0.15) is 71.3 Å². The van der Waals surface area contributed by atoms with Gasteiger partial charge in [-0.3, -0.25) is 14.6 Å². The predicted octanol–water partition coefficient (Wildman–Crippen LogP) is 6.00. The van der Waals surface area contributed by atoms with E-state index in [1.165, 1.54) is 0 Å². The first-order valence-electron chi connectivity index (χ1n) is 10.5. The van der Waals surface area contributed by atoms with Crippen LogP contribution in [0.5, 0.6) is 0 Å². The molecule has 1 unspecified atom stereocenters. The van der Waals surface area contributed by atoms with Gasteiger partial charge in [0.25, 0.3) is 0 Å². The van der Waals surface area contributed by atoms with Crippen LogP contribution in [0, 0.1) is 11.3 Å². The molecule has 1 aliphatic carbocycles. The molecule has 0 aromatic heterocycles. The normalized spacial score (nSPS) is 23.5. The van der Waals surface area contributed by atoms with Gasteiger partial charge in [-0.2, -0.15) is 0 Å². The lowest BCUT2D eigenvalue weighted by Crippen LogP contribution is -2.39. The Hall–Kier alpha value is -1.75. The first-order valence-corrected chi connectivity index (χ1v) is 11.3. The monoisotopic (exact) mass is 459 g/mol. The quantitative estimate of drug-likeness (QED) is 0.387. The minimum absolute atomic E-state index is 0.0984. The van der Waals surface area contributed by atoms with Crippen molar-refractivity contribution in [3.05, 3.63) is 45.6 Å². The van der Waals surface area contributed by atoms with E-state index < -0.39 is 5.92 Å². The van der Waals surface area contributed by atoms with E-state index in [0.717, 1.165) is 47.1 Å². The van der Waals surface area contributed by atoms with Crippen molar-refractivity contribution in [1.82, 2.24) is 0 Å². The summed E-state index contributed by atoms with van der Waals surface area (Å²) in [5, 5.41) is 0. The summed E-state index contributed by atoms with van der Waals surface area (Å²) < 4.78 is 6.55. The third-order valence-corrected chi connectivity index (χ3v) is 6.25. The Labute approximate surface area is 181 Å². The molecule has 0 fully saturated rings. The lowest BCUT2D eigenvalue weighted by atomic mass is 9.67. The third kappa shape index (κ3) is 4.88. The smallest absolute Gasteiger partial charge is 0.315 e. The van der Waals surface area contributed by atoms with E-state index in [4.69, 9.17) is 9.73 Å². The average Bonchev–Trinajstić information content (AvgIpc) is 2.63. The molecule has 2 aliphatic rings. The van der Waals surface area contributed by atoms with Crippen LogP contribution >= 0.6 is 15.9 Å². The lowest BCUT2D eigenvalue weighted by molar-refractivity contribution is -0.146. The number of esters is 1. The third-order valence-electron chi connectivity index (χ3n) is 5.76. The van der Waals surface area contributed by atoms with Crippen LogP contribution in [-0.2, 0) is 14.3 Å². The second-order valence-electron chi connectivity index (χ2n) is 8.94. The maximum Gasteiger partial charge on any atom is 0.315 e. The first kappa shape index (κ1) is 21.9. The molecule has 0 bridgehead atoms. The van der Waals surface area contributed by atoms with Crippen LogP contribution in [0.15, 0.2) is 45.0 Å². The fraction of sp³-hybridized carbons (Fsp3) is 0.542. The number of Topliss-reactive ketones (excluding diaryl/α,β-unsaturated/α-hetero) is 1. The fourth-order valence-electron chi connectivity index (χ4n) is 4.43. The minimum atomic E-state index is -0.560. The zero-order chi connectivity index (χ0) is 21.2. The summed E-state index contributed by atoms with van der Waals surface area (Å²) in [6.07, 6.45) is 4.18. The maximum atomic E-state index is 13.2. The van der Waals surface area contributed by atoms with Gasteiger partial charge >= 0.3 is 5.97 Å². The van der Waals surface area contributed by atoms with Crippen LogP contribution < -0.4 is 0 Å². The molecule has 0 N–H and O–H groups in total. The molecular formula is C24H30BrNO3. The van der Waals surface area contributed by atoms with E-state index in [1.807, 2.05) is 31.2 Å². The van der Waals surface area contributed by atoms with E-state index in [9.17, 15) is 9.59 Å². The number of allylic oxidation sites excluding steroid dienone is 2. The van der Waals surface area contributed by atoms with Crippen molar-refractivity contribution in [1.29, 1.82) is 0 Å². The minimum Gasteiger partial charge on any atom is -0.465 e. The van der Waals surface area contributed by atoms with Gasteiger partial charge < -0.3 is 4.74 Å². The highest BCUT2D eigenvalue weighted by molar-refractivity contribution is 9.10. The summed E-state index contributed by atoms with van der Waals surface area (Å²) in [5.74, 6) is -1.09. The molecule has 0 saturated carbocycles. The second kappa shape index (κ2) is 8.95. The van der Waals surface area contributed by atoms with Crippen molar-refractivity contribution in [2.45, 2.75) is 65.7 Å². The van der Waals surface area contributed by atoms with Gasteiger partial charge in [0.05, 0.1) is 6.61 Å². The number of unbranched alkanes of at least 4 members (excludes halogenated alkanes) is 2. The number of ether oxygens (including phenoxy) is 1. The standard InChI is InChI=1S/C24H30BrNO3/c1-5-6-7-11-29-23(28)20-15(2)26-18-13-24(3,4)14-19(27)22(18)21(20)16-9-8-10-17(25)12-16/h8-10,12,20-21H,5-7,11,13-14H2,1-4H3/t20?,21-/m0/s1. The Kier molecular flexibility index (Phi) is 6.77. The summed E-state index contributed by atoms with van der Waals surface area (Å²) in [7, 11) is 0. The van der Waals surface area contributed by atoms with Gasteiger partial charge in [0.2, 0.25) is 0 Å². The number of aliphatic imine (C=N–C) groups is 1. The molecule has 4 nitrogen and oxygen atoms in total. The van der Waals surface area contributed by atoms with E-state index in [2.05, 4.69) is 36.7 Å². The van der Waals surface area contributed by atoms with Gasteiger partial charge in [0.1, 0.15) is 5.92 Å². The number of carbonyl (C=O) groups is 2. The average molecular weight is 460 g/mol. The van der Waals surface area contributed by atoms with Gasteiger partial charge in [-0.15, -0.1) is 0 Å². The molecule has 1 aliphatic heterocycles. The molecule has 0 spiro atoms. The number of nitrogens with zero attached hydrogens (tertiary/aromatic N) is 1. The van der Waals surface area contributed by atoms with Crippen LogP contribution in [0.3, 0.4) is 0 Å². The van der Waals surface area contributed by atoms with E-state index in [-0.39, 0.29) is 23.1 Å². The summed E-state index contributed by atoms with van der Waals surface area (Å²) in [4.78, 5) is 31.1. The Morgan fingerprint density at radius 3 is 2.72 bits per heavy atom. The van der Waals surface area contributed by atoms with Crippen LogP contribution in [0.2, 0.25) is 0 Å². The summed E-state index contributed by atoms with van der Waals surface area (Å²) in [6.45, 7) is 8.62. The van der Waals surface area contributed by atoms with Crippen molar-refractivity contribution in [2.75, 3.05) is 6.61 Å². The van der Waals surface area contributed by atoms with Crippen molar-refractivity contribution >= 4 is 33.4 Å². The number of ketones is 1. The lowest BCUT2D eigenvalue weighted by Gasteiger charge is -2.39. The first-order chi connectivity index (χ1) is 13.7. The molecule has 3 rings (SSSR count). The number of hydrogen-bond acceptors (Lipinski definition) is 4. The largest absolute Gasteiger partial charge is 0.465 e. The van der Waals surface area contributed by atoms with Gasteiger partial charge in [-0.1, -0.05) is 61.7 Å². The Balaban J connectivity index is 2.02. The molecule has 29 heavy (non-hydrogen) atoms. The van der Waals surface area contributed by atoms with E-state index >= 15 is 0 Å². The van der Waals surface area contributed by atoms with Crippen LogP contribution in [-0.4, -0.2) is 24.1 Å². The maximum absolute atomic E-state index is 13.2. The highest BCUT2D eigenvalue weighted by Crippen LogP contribution is 2.48. The van der Waals surface area contributed by atoms with E-state index in [0.29, 0.717) is 18.6 Å². The number of rotatable bonds is 6. The van der Waals surface area contributed by atoms with E-state index in [1.54, 1.807) is 0 Å². The number of carbonyl (C=O) groups excluding carboxylic acids is 2. The molecule has 0 amide bonds. The van der Waals surface area contributed by atoms with Crippen molar-refractivity contribution in [2.24, 2.45) is 16.3 Å². The van der Waals surface area contributed by atoms with Gasteiger partial charge in [0, 0.05) is 33.8 Å². The second-order valence-corrected chi connectivity index (χ2v) is 9.86. The highest BCUT2D eigenvalue weighted by atomic mass is 79.9. The Bertz CT molecular complexity index is 869. The molecule has 156 valence electrons. The molecule has 0 radical (unpaired) electrons. The Morgan fingerprint density at radius 2 is 2.03 bits per heavy atom.